The van der Waals surface area contributed by atoms with Gasteiger partial charge in [0.25, 0.3) is 0 Å². The fraction of sp³-hybridized carbons (Fsp3) is 0.520. The van der Waals surface area contributed by atoms with Crippen molar-refractivity contribution in [3.63, 3.8) is 0 Å². The summed E-state index contributed by atoms with van der Waals surface area (Å²) < 4.78 is 5.93. The van der Waals surface area contributed by atoms with E-state index in [1.807, 2.05) is 0 Å². The molecular formula is C75H67BN2. The number of rotatable bonds is 5. The highest BCUT2D eigenvalue weighted by Crippen LogP contribution is 2.93. The van der Waals surface area contributed by atoms with E-state index in [2.05, 4.69) is 112 Å². The molecule has 6 aromatic carbocycles. The molecule has 8 atom stereocenters. The van der Waals surface area contributed by atoms with Crippen molar-refractivity contribution < 1.29 is 0 Å². The molecule has 2 aromatic heterocycles. The Morgan fingerprint density at radius 3 is 1.47 bits per heavy atom. The van der Waals surface area contributed by atoms with Crippen molar-refractivity contribution in [2.75, 3.05) is 0 Å². The highest BCUT2D eigenvalue weighted by atomic mass is 15.0. The Kier molecular flexibility index (Phi) is 5.59. The Balaban J connectivity index is 0.784. The van der Waals surface area contributed by atoms with Crippen molar-refractivity contribution >= 4 is 61.4 Å². The topological polar surface area (TPSA) is 9.86 Å². The Labute approximate surface area is 457 Å². The van der Waals surface area contributed by atoms with Gasteiger partial charge >= 0.3 is 6.85 Å². The molecule has 78 heavy (non-hydrogen) atoms. The van der Waals surface area contributed by atoms with Crippen molar-refractivity contribution in [3.05, 3.63) is 125 Å². The minimum absolute atomic E-state index is 0.123. The summed E-state index contributed by atoms with van der Waals surface area (Å²) in [6, 6.07) is 45.2. The minimum Gasteiger partial charge on any atom is -0.375 e. The van der Waals surface area contributed by atoms with Crippen LogP contribution in [-0.2, 0) is 21.7 Å². The molecule has 18 aliphatic rings. The van der Waals surface area contributed by atoms with Gasteiger partial charge < -0.3 is 9.05 Å². The summed E-state index contributed by atoms with van der Waals surface area (Å²) in [5, 5.41) is 6.34. The van der Waals surface area contributed by atoms with Gasteiger partial charge in [0.1, 0.15) is 0 Å². The summed E-state index contributed by atoms with van der Waals surface area (Å²) in [6.45, 7) is 0.123. The predicted octanol–water partition coefficient (Wildman–Crippen LogP) is 15.4. The van der Waals surface area contributed by atoms with Crippen LogP contribution < -0.4 is 10.9 Å². The van der Waals surface area contributed by atoms with E-state index >= 15 is 0 Å². The second-order valence-electron chi connectivity index (χ2n) is 33.4. The number of fused-ring (bicyclic) bond motifs is 13. The molecule has 2 nitrogen and oxygen atoms in total. The van der Waals surface area contributed by atoms with E-state index in [9.17, 15) is 0 Å². The molecule has 8 unspecified atom stereocenters. The van der Waals surface area contributed by atoms with E-state index in [4.69, 9.17) is 0 Å². The minimum atomic E-state index is 0.123. The third-order valence-electron chi connectivity index (χ3n) is 33.0. The molecule has 4 heterocycles. The first-order valence-electron chi connectivity index (χ1n) is 32.8. The van der Waals surface area contributed by atoms with Gasteiger partial charge in [-0.05, 0) is 335 Å². The van der Waals surface area contributed by atoms with Crippen LogP contribution in [0.5, 0.6) is 0 Å². The quantitative estimate of drug-likeness (QED) is 0.152. The fourth-order valence-corrected chi connectivity index (χ4v) is 30.8. The molecular weight excluding hydrogens is 940 g/mol. The Bertz CT molecular complexity index is 4370. The first kappa shape index (κ1) is 39.4. The Hall–Kier alpha value is -5.02. The molecule has 380 valence electrons. The average Bonchev–Trinajstić information content (AvgIpc) is 1.35. The second kappa shape index (κ2) is 11.1. The molecule has 16 saturated carbocycles. The zero-order valence-corrected chi connectivity index (χ0v) is 45.1. The van der Waals surface area contributed by atoms with Crippen LogP contribution >= 0.6 is 0 Å². The lowest BCUT2D eigenvalue weighted by atomic mass is 9.12. The van der Waals surface area contributed by atoms with Crippen LogP contribution in [0.15, 0.2) is 103 Å². The van der Waals surface area contributed by atoms with Gasteiger partial charge in [-0.25, -0.2) is 0 Å². The first-order valence-corrected chi connectivity index (χ1v) is 32.8. The molecule has 2 aliphatic heterocycles. The summed E-state index contributed by atoms with van der Waals surface area (Å²) in [6.07, 6.45) is 28.3. The zero-order chi connectivity index (χ0) is 49.1. The van der Waals surface area contributed by atoms with Gasteiger partial charge in [-0.1, -0.05) is 48.5 Å². The van der Waals surface area contributed by atoms with Gasteiger partial charge in [-0.3, -0.25) is 0 Å². The number of hydrogen-bond donors (Lipinski definition) is 0. The summed E-state index contributed by atoms with van der Waals surface area (Å²) in [5.74, 6) is 12.0. The molecule has 3 heteroatoms. The highest BCUT2D eigenvalue weighted by Gasteiger charge is 2.88. The van der Waals surface area contributed by atoms with Crippen LogP contribution in [-0.4, -0.2) is 15.9 Å². The summed E-state index contributed by atoms with van der Waals surface area (Å²) in [4.78, 5) is 0. The van der Waals surface area contributed by atoms with E-state index in [1.54, 1.807) is 65.8 Å². The van der Waals surface area contributed by atoms with Crippen molar-refractivity contribution in [1.29, 1.82) is 0 Å². The molecule has 8 aromatic rings. The molecule has 0 radical (unpaired) electrons. The largest absolute Gasteiger partial charge is 0.375 e. The zero-order valence-electron chi connectivity index (χ0n) is 45.1. The van der Waals surface area contributed by atoms with Crippen LogP contribution in [0.1, 0.15) is 144 Å². The van der Waals surface area contributed by atoms with Crippen LogP contribution in [0.4, 0.5) is 0 Å². The maximum absolute atomic E-state index is 3.04. The number of aromatic nitrogens is 2. The smallest absolute Gasteiger partial charge is 0.333 e. The molecule has 4 spiro atoms. The Morgan fingerprint density at radius 2 is 0.910 bits per heavy atom. The molecule has 26 rings (SSSR count). The lowest BCUT2D eigenvalue weighted by Crippen LogP contribution is -2.87. The van der Waals surface area contributed by atoms with Gasteiger partial charge in [-0.2, -0.15) is 0 Å². The van der Waals surface area contributed by atoms with Gasteiger partial charge in [0.15, 0.2) is 0 Å². The molecule has 0 N–H and O–H groups in total. The third-order valence-corrected chi connectivity index (χ3v) is 33.0. The normalized spacial score (nSPS) is 49.2. The highest BCUT2D eigenvalue weighted by molar-refractivity contribution is 6.90. The molecule has 6 bridgehead atoms. The van der Waals surface area contributed by atoms with Crippen LogP contribution in [0.25, 0.3) is 71.6 Å². The molecule has 16 fully saturated rings. The summed E-state index contributed by atoms with van der Waals surface area (Å²) in [7, 11) is 0. The van der Waals surface area contributed by atoms with Gasteiger partial charge in [0.2, 0.25) is 0 Å². The monoisotopic (exact) mass is 1010 g/mol. The maximum Gasteiger partial charge on any atom is 0.333 e. The maximum atomic E-state index is 3.04. The van der Waals surface area contributed by atoms with Crippen molar-refractivity contribution in [3.8, 4) is 27.9 Å². The summed E-state index contributed by atoms with van der Waals surface area (Å²) >= 11 is 0. The first-order chi connectivity index (χ1) is 38.3. The third kappa shape index (κ3) is 3.40. The second-order valence-corrected chi connectivity index (χ2v) is 33.4. The Morgan fingerprint density at radius 1 is 0.385 bits per heavy atom. The average molecular weight is 1010 g/mol. The van der Waals surface area contributed by atoms with E-state index in [1.165, 1.54) is 161 Å². The number of benzene rings is 6. The molecule has 16 aliphatic carbocycles. The number of nitrogens with zero attached hydrogens (tertiary/aromatic N) is 2. The van der Waals surface area contributed by atoms with Gasteiger partial charge in [0.05, 0.1) is 11.0 Å². The summed E-state index contributed by atoms with van der Waals surface area (Å²) in [5.41, 5.74) is 27.7. The van der Waals surface area contributed by atoms with Crippen molar-refractivity contribution in [1.82, 2.24) is 9.05 Å². The van der Waals surface area contributed by atoms with Crippen LogP contribution in [0.2, 0.25) is 0 Å². The van der Waals surface area contributed by atoms with E-state index in [0.717, 1.165) is 71.0 Å². The van der Waals surface area contributed by atoms with E-state index in [0.29, 0.717) is 43.3 Å². The van der Waals surface area contributed by atoms with Crippen LogP contribution in [0, 0.1) is 92.7 Å². The fourth-order valence-electron chi connectivity index (χ4n) is 30.8. The van der Waals surface area contributed by atoms with Gasteiger partial charge in [0, 0.05) is 49.2 Å². The SMILES string of the molecule is c1ccc(-c2cc3c4c(c2)-n2c5ccc(C67CC8CC9CC(C6)C98C7)cc5c5cc(C67CC8CC9CC(C6)C987)cc(c52)B4n2c4ccc(C56CC7CC8CC(C5)C87C6)cc4c4cc(C56CC7CC8CC(C5)C87C6)cc-3c42)cc1. The predicted molar refractivity (Wildman–Crippen MR) is 311 cm³/mol. The van der Waals surface area contributed by atoms with E-state index < -0.39 is 0 Å². The lowest BCUT2D eigenvalue weighted by Gasteiger charge is -2.91. The van der Waals surface area contributed by atoms with Crippen molar-refractivity contribution in [2.24, 2.45) is 92.7 Å². The molecule has 0 amide bonds. The van der Waals surface area contributed by atoms with E-state index in [-0.39, 0.29) is 6.85 Å². The van der Waals surface area contributed by atoms with Crippen LogP contribution in [0.3, 0.4) is 0 Å². The molecule has 0 saturated heterocycles. The van der Waals surface area contributed by atoms with Gasteiger partial charge in [-0.15, -0.1) is 0 Å². The number of hydrogen-bond acceptors (Lipinski definition) is 0. The lowest BCUT2D eigenvalue weighted by molar-refractivity contribution is -0.395. The van der Waals surface area contributed by atoms with Crippen molar-refractivity contribution in [2.45, 2.75) is 144 Å². The standard InChI is InChI=1S/C75H67BN2/c1-2-4-37(5-3-1)38-10-57-60-23-41(70-30-51-16-45-17-52(31-70)74(45,51)36-70)22-58-56-21-40(69-28-49-14-44-15-50(29-69)73(44,49)35-69)7-9-63(56)78(66(58)60)76-61-25-42(71-32-53-18-46-19-54(33-71)75(46,53)71)24-59-55-20-39(6-8-62(55)77(67(59)61)64(11-38)65(57)76)68-26-47-12-43-13-48(27-68)72(43,47)34-68/h1-11,20-25,43-54H,12-19,26-36H2.